The Balaban J connectivity index is 3.79. The number of amides is 1. The van der Waals surface area contributed by atoms with E-state index < -0.39 is 36.9 Å². The minimum atomic E-state index is -1.29. The average molecular weight is 776 g/mol. The van der Waals surface area contributed by atoms with Crippen molar-refractivity contribution in [3.63, 3.8) is 0 Å². The molecule has 0 radical (unpaired) electrons. The van der Waals surface area contributed by atoms with Crippen LogP contribution in [-0.2, 0) is 4.79 Å². The van der Waals surface area contributed by atoms with E-state index in [2.05, 4.69) is 55.6 Å². The van der Waals surface area contributed by atoms with Crippen LogP contribution in [-0.4, -0.2) is 57.3 Å². The molecule has 6 nitrogen and oxygen atoms in total. The van der Waals surface area contributed by atoms with Gasteiger partial charge in [0, 0.05) is 0 Å². The van der Waals surface area contributed by atoms with E-state index in [1.54, 1.807) is 0 Å². The number of unbranched alkanes of at least 4 members (excludes halogenated alkanes) is 28. The number of hydrogen-bond donors (Lipinski definition) is 5. The quantitative estimate of drug-likeness (QED) is 0.0313. The van der Waals surface area contributed by atoms with Gasteiger partial charge in [0.1, 0.15) is 12.2 Å². The summed E-state index contributed by atoms with van der Waals surface area (Å²) >= 11 is 0. The maximum Gasteiger partial charge on any atom is 0.249 e. The first-order chi connectivity index (χ1) is 27.0. The first-order valence-corrected chi connectivity index (χ1v) is 23.9. The van der Waals surface area contributed by atoms with Crippen molar-refractivity contribution in [1.29, 1.82) is 0 Å². The summed E-state index contributed by atoms with van der Waals surface area (Å²) in [6, 6.07) is -1.01. The van der Waals surface area contributed by atoms with E-state index in [1.807, 2.05) is 0 Å². The zero-order chi connectivity index (χ0) is 40.3. The molecule has 4 unspecified atom stereocenters. The van der Waals surface area contributed by atoms with Crippen LogP contribution in [0.3, 0.4) is 0 Å². The SMILES string of the molecule is CCCCCCCCCCC/C=C/CC/C=C/CC/C=C/CCCC(O)C(O)C(CO)NC(=O)C(O)CCCCCCCCCCCCCCCCCCC. The van der Waals surface area contributed by atoms with Crippen LogP contribution in [0.25, 0.3) is 0 Å². The normalized spacial score (nSPS) is 14.4. The van der Waals surface area contributed by atoms with Gasteiger partial charge in [0.05, 0.1) is 18.8 Å². The minimum absolute atomic E-state index is 0.361. The number of hydrogen-bond acceptors (Lipinski definition) is 5. The third-order valence-electron chi connectivity index (χ3n) is 11.1. The summed E-state index contributed by atoms with van der Waals surface area (Å²) in [4.78, 5) is 12.5. The first kappa shape index (κ1) is 53.5. The smallest absolute Gasteiger partial charge is 0.249 e. The van der Waals surface area contributed by atoms with Gasteiger partial charge in [-0.05, 0) is 64.2 Å². The van der Waals surface area contributed by atoms with Crippen molar-refractivity contribution in [3.8, 4) is 0 Å². The molecule has 4 atom stereocenters. The predicted molar refractivity (Wildman–Crippen MR) is 237 cm³/mol. The number of aliphatic hydroxyl groups excluding tert-OH is 4. The Kier molecular flexibility index (Phi) is 42.5. The Hall–Kier alpha value is -1.47. The van der Waals surface area contributed by atoms with Gasteiger partial charge in [-0.1, -0.05) is 211 Å². The molecular weight excluding hydrogens is 683 g/mol. The van der Waals surface area contributed by atoms with Gasteiger partial charge in [-0.2, -0.15) is 0 Å². The van der Waals surface area contributed by atoms with E-state index in [1.165, 1.54) is 154 Å². The summed E-state index contributed by atoms with van der Waals surface area (Å²) in [5.74, 6) is -0.598. The highest BCUT2D eigenvalue weighted by atomic mass is 16.3. The van der Waals surface area contributed by atoms with Gasteiger partial charge in [-0.25, -0.2) is 0 Å². The summed E-state index contributed by atoms with van der Waals surface area (Å²) in [5.41, 5.74) is 0. The molecule has 1 amide bonds. The third-order valence-corrected chi connectivity index (χ3v) is 11.1. The van der Waals surface area contributed by atoms with Crippen LogP contribution in [0.5, 0.6) is 0 Å². The lowest BCUT2D eigenvalue weighted by Crippen LogP contribution is -2.53. The summed E-state index contributed by atoms with van der Waals surface area (Å²) < 4.78 is 0. The highest BCUT2D eigenvalue weighted by Crippen LogP contribution is 2.16. The van der Waals surface area contributed by atoms with Gasteiger partial charge in [-0.3, -0.25) is 4.79 Å². The van der Waals surface area contributed by atoms with Crippen LogP contribution in [0.1, 0.15) is 239 Å². The number of carbonyl (C=O) groups excluding carboxylic acids is 1. The Morgan fingerprint density at radius 1 is 0.436 bits per heavy atom. The van der Waals surface area contributed by atoms with Crippen LogP contribution in [0.2, 0.25) is 0 Å². The Bertz CT molecular complexity index is 873. The monoisotopic (exact) mass is 776 g/mol. The molecule has 0 aromatic carbocycles. The van der Waals surface area contributed by atoms with Crippen LogP contribution in [0.4, 0.5) is 0 Å². The van der Waals surface area contributed by atoms with Crippen LogP contribution < -0.4 is 5.32 Å². The second-order valence-electron chi connectivity index (χ2n) is 16.4. The summed E-state index contributed by atoms with van der Waals surface area (Å²) in [6.07, 6.45) is 51.8. The van der Waals surface area contributed by atoms with Gasteiger partial charge in [0.15, 0.2) is 0 Å². The molecule has 324 valence electrons. The average Bonchev–Trinajstić information content (AvgIpc) is 3.19. The van der Waals surface area contributed by atoms with Crippen LogP contribution >= 0.6 is 0 Å². The predicted octanol–water partition coefficient (Wildman–Crippen LogP) is 12.9. The van der Waals surface area contributed by atoms with Gasteiger partial charge in [0.2, 0.25) is 5.91 Å². The largest absolute Gasteiger partial charge is 0.394 e. The van der Waals surface area contributed by atoms with Crippen molar-refractivity contribution in [2.45, 2.75) is 263 Å². The molecule has 5 N–H and O–H groups in total. The Morgan fingerprint density at radius 3 is 1.15 bits per heavy atom. The molecule has 0 aliphatic heterocycles. The number of allylic oxidation sites excluding steroid dienone is 6. The number of carbonyl (C=O) groups is 1. The van der Waals surface area contributed by atoms with Crippen LogP contribution in [0.15, 0.2) is 36.5 Å². The second kappa shape index (κ2) is 43.6. The van der Waals surface area contributed by atoms with Crippen molar-refractivity contribution < 1.29 is 25.2 Å². The molecule has 0 fully saturated rings. The molecular formula is C49H93NO5. The molecule has 0 aromatic rings. The third kappa shape index (κ3) is 37.8. The first-order valence-electron chi connectivity index (χ1n) is 23.9. The molecule has 0 bridgehead atoms. The second-order valence-corrected chi connectivity index (χ2v) is 16.4. The van der Waals surface area contributed by atoms with Crippen molar-refractivity contribution in [3.05, 3.63) is 36.5 Å². The maximum absolute atomic E-state index is 12.5. The fourth-order valence-corrected chi connectivity index (χ4v) is 7.26. The zero-order valence-electron chi connectivity index (χ0n) is 36.4. The maximum atomic E-state index is 12.5. The summed E-state index contributed by atoms with van der Waals surface area (Å²) in [6.45, 7) is 4.04. The highest BCUT2D eigenvalue weighted by Gasteiger charge is 2.28. The molecule has 0 saturated carbocycles. The molecule has 55 heavy (non-hydrogen) atoms. The molecule has 0 spiro atoms. The molecule has 0 heterocycles. The minimum Gasteiger partial charge on any atom is -0.394 e. The topological polar surface area (TPSA) is 110 Å². The lowest BCUT2D eigenvalue weighted by atomic mass is 10.00. The number of nitrogens with one attached hydrogen (secondary N) is 1. The van der Waals surface area contributed by atoms with Crippen molar-refractivity contribution in [2.75, 3.05) is 6.61 Å². The highest BCUT2D eigenvalue weighted by molar-refractivity contribution is 5.80. The van der Waals surface area contributed by atoms with Gasteiger partial charge < -0.3 is 25.7 Å². The number of rotatable bonds is 43. The van der Waals surface area contributed by atoms with Gasteiger partial charge in [0.25, 0.3) is 0 Å². The number of aliphatic hydroxyl groups is 4. The fraction of sp³-hybridized carbons (Fsp3) is 0.857. The Morgan fingerprint density at radius 2 is 0.764 bits per heavy atom. The van der Waals surface area contributed by atoms with E-state index in [-0.39, 0.29) is 0 Å². The molecule has 6 heteroatoms. The van der Waals surface area contributed by atoms with Gasteiger partial charge in [-0.15, -0.1) is 0 Å². The molecule has 0 aliphatic carbocycles. The molecule has 0 aliphatic rings. The van der Waals surface area contributed by atoms with Crippen molar-refractivity contribution >= 4 is 5.91 Å². The summed E-state index contributed by atoms with van der Waals surface area (Å²) in [5, 5.41) is 43.7. The van der Waals surface area contributed by atoms with E-state index in [0.29, 0.717) is 19.3 Å². The summed E-state index contributed by atoms with van der Waals surface area (Å²) in [7, 11) is 0. The molecule has 0 rings (SSSR count). The van der Waals surface area contributed by atoms with Crippen LogP contribution in [0, 0.1) is 0 Å². The van der Waals surface area contributed by atoms with E-state index in [4.69, 9.17) is 0 Å². The standard InChI is InChI=1S/C49H93NO5/c1-3-5-7-9-11-13-15-17-19-21-22-23-24-25-27-28-30-32-34-36-38-40-42-46(52)48(54)45(44-51)50-49(55)47(53)43-41-39-37-35-33-31-29-26-20-18-16-14-12-10-8-6-4-2/h22-23,27-28,34,36,45-48,51-54H,3-21,24-26,29-33,35,37-44H2,1-2H3,(H,50,55)/b23-22+,28-27+,36-34+. The lowest BCUT2D eigenvalue weighted by Gasteiger charge is -2.27. The van der Waals surface area contributed by atoms with Crippen molar-refractivity contribution in [2.24, 2.45) is 0 Å². The Labute approximate surface area is 341 Å². The van der Waals surface area contributed by atoms with Gasteiger partial charge >= 0.3 is 0 Å². The van der Waals surface area contributed by atoms with E-state index in [9.17, 15) is 25.2 Å². The fourth-order valence-electron chi connectivity index (χ4n) is 7.26. The molecule has 0 aromatic heterocycles. The van der Waals surface area contributed by atoms with Crippen molar-refractivity contribution in [1.82, 2.24) is 5.32 Å². The van der Waals surface area contributed by atoms with E-state index >= 15 is 0 Å². The lowest BCUT2D eigenvalue weighted by molar-refractivity contribution is -0.132. The zero-order valence-corrected chi connectivity index (χ0v) is 36.4. The van der Waals surface area contributed by atoms with E-state index in [0.717, 1.165) is 51.4 Å². The molecule has 0 saturated heterocycles.